The van der Waals surface area contributed by atoms with Crippen LogP contribution in [0.25, 0.3) is 0 Å². The molecule has 0 unspecified atom stereocenters. The summed E-state index contributed by atoms with van der Waals surface area (Å²) in [4.78, 5) is 11.7. The highest BCUT2D eigenvalue weighted by atomic mass is 16.2. The van der Waals surface area contributed by atoms with Crippen LogP contribution in [0.4, 0.5) is 0 Å². The Balaban J connectivity index is 1.80. The van der Waals surface area contributed by atoms with E-state index >= 15 is 0 Å². The molecule has 0 aliphatic heterocycles. The Morgan fingerprint density at radius 2 is 1.79 bits per heavy atom. The number of rotatable bonds is 2. The number of carbonyl (C=O) groups excluding carboxylic acids is 1. The lowest BCUT2D eigenvalue weighted by molar-refractivity contribution is -0.123. The van der Waals surface area contributed by atoms with E-state index in [4.69, 9.17) is 0 Å². The number of carbonyl (C=O) groups is 1. The lowest BCUT2D eigenvalue weighted by atomic mass is 9.86. The first-order chi connectivity index (χ1) is 6.68. The summed E-state index contributed by atoms with van der Waals surface area (Å²) in [6.07, 6.45) is 6.20. The minimum absolute atomic E-state index is 0.316. The third kappa shape index (κ3) is 2.10. The molecule has 2 heteroatoms. The van der Waals surface area contributed by atoms with Crippen molar-refractivity contribution in [1.29, 1.82) is 0 Å². The molecule has 0 heterocycles. The molecule has 0 aromatic rings. The maximum Gasteiger partial charge on any atom is 0.223 e. The summed E-state index contributed by atoms with van der Waals surface area (Å²) >= 11 is 0. The minimum Gasteiger partial charge on any atom is -0.353 e. The average Bonchev–Trinajstić information content (AvgIpc) is 2.87. The molecule has 2 rings (SSSR count). The molecule has 4 atom stereocenters. The quantitative estimate of drug-likeness (QED) is 0.720. The molecule has 0 radical (unpaired) electrons. The van der Waals surface area contributed by atoms with E-state index < -0.39 is 0 Å². The van der Waals surface area contributed by atoms with E-state index in [-0.39, 0.29) is 0 Å². The van der Waals surface area contributed by atoms with Gasteiger partial charge in [0.25, 0.3) is 0 Å². The van der Waals surface area contributed by atoms with Gasteiger partial charge in [-0.15, -0.1) is 0 Å². The molecule has 2 aliphatic rings. The molecule has 14 heavy (non-hydrogen) atoms. The van der Waals surface area contributed by atoms with E-state index in [0.29, 0.717) is 29.7 Å². The first-order valence-electron chi connectivity index (χ1n) is 5.99. The van der Waals surface area contributed by atoms with Crippen LogP contribution in [0.15, 0.2) is 0 Å². The topological polar surface area (TPSA) is 29.1 Å². The standard InChI is InChI=1S/C12H21NO/c1-8-5-3-4-6-11(8)13-12(14)10-7-9(10)2/h8-11H,3-7H2,1-2H3,(H,13,14)/t8-,9+,10+,11+/m1/s1. The van der Waals surface area contributed by atoms with Crippen molar-refractivity contribution in [2.45, 2.75) is 52.0 Å². The van der Waals surface area contributed by atoms with E-state index in [1.54, 1.807) is 0 Å². The summed E-state index contributed by atoms with van der Waals surface area (Å²) in [6.45, 7) is 4.43. The first-order valence-corrected chi connectivity index (χ1v) is 5.99. The third-order valence-corrected chi connectivity index (χ3v) is 3.89. The molecular formula is C12H21NO. The van der Waals surface area contributed by atoms with Gasteiger partial charge < -0.3 is 5.32 Å². The summed E-state index contributed by atoms with van der Waals surface area (Å²) < 4.78 is 0. The zero-order valence-corrected chi connectivity index (χ0v) is 9.25. The van der Waals surface area contributed by atoms with Crippen molar-refractivity contribution in [1.82, 2.24) is 5.32 Å². The highest BCUT2D eigenvalue weighted by Gasteiger charge is 2.40. The molecule has 80 valence electrons. The number of nitrogens with one attached hydrogen (secondary N) is 1. The predicted molar refractivity (Wildman–Crippen MR) is 56.8 cm³/mol. The lowest BCUT2D eigenvalue weighted by Gasteiger charge is -2.29. The maximum absolute atomic E-state index is 11.7. The van der Waals surface area contributed by atoms with Crippen molar-refractivity contribution in [3.8, 4) is 0 Å². The van der Waals surface area contributed by atoms with Crippen LogP contribution in [0.2, 0.25) is 0 Å². The molecule has 0 bridgehead atoms. The maximum atomic E-state index is 11.7. The minimum atomic E-state index is 0.316. The highest BCUT2D eigenvalue weighted by Crippen LogP contribution is 2.38. The largest absolute Gasteiger partial charge is 0.353 e. The van der Waals surface area contributed by atoms with Gasteiger partial charge in [0.15, 0.2) is 0 Å². The molecule has 1 amide bonds. The van der Waals surface area contributed by atoms with E-state index in [0.717, 1.165) is 6.42 Å². The lowest BCUT2D eigenvalue weighted by Crippen LogP contribution is -2.41. The fourth-order valence-corrected chi connectivity index (χ4v) is 2.51. The fraction of sp³-hybridized carbons (Fsp3) is 0.917. The van der Waals surface area contributed by atoms with Gasteiger partial charge in [-0.05, 0) is 31.1 Å². The molecule has 1 N–H and O–H groups in total. The van der Waals surface area contributed by atoms with E-state index in [9.17, 15) is 4.79 Å². The van der Waals surface area contributed by atoms with Gasteiger partial charge in [0, 0.05) is 12.0 Å². The Morgan fingerprint density at radius 3 is 2.36 bits per heavy atom. The zero-order chi connectivity index (χ0) is 10.1. The Kier molecular flexibility index (Phi) is 2.80. The zero-order valence-electron chi connectivity index (χ0n) is 9.25. The summed E-state index contributed by atoms with van der Waals surface area (Å²) in [5.74, 6) is 1.97. The molecule has 0 aromatic heterocycles. The van der Waals surface area contributed by atoms with Gasteiger partial charge in [-0.3, -0.25) is 4.79 Å². The van der Waals surface area contributed by atoms with E-state index in [1.165, 1.54) is 25.7 Å². The summed E-state index contributed by atoms with van der Waals surface area (Å²) in [7, 11) is 0. The van der Waals surface area contributed by atoms with E-state index in [1.807, 2.05) is 0 Å². The SMILES string of the molecule is C[C@@H]1CCCC[C@@H]1NC(=O)[C@H]1C[C@@H]1C. The second-order valence-corrected chi connectivity index (χ2v) is 5.20. The Labute approximate surface area is 86.5 Å². The number of amides is 1. The second-order valence-electron chi connectivity index (χ2n) is 5.20. The summed E-state index contributed by atoms with van der Waals surface area (Å²) in [6, 6.07) is 0.462. The Morgan fingerprint density at radius 1 is 1.14 bits per heavy atom. The van der Waals surface area contributed by atoms with Crippen molar-refractivity contribution < 1.29 is 4.79 Å². The molecule has 2 fully saturated rings. The first kappa shape index (κ1) is 10.0. The molecule has 2 saturated carbocycles. The highest BCUT2D eigenvalue weighted by molar-refractivity contribution is 5.81. The van der Waals surface area contributed by atoms with Gasteiger partial charge in [0.05, 0.1) is 0 Å². The number of hydrogen-bond acceptors (Lipinski definition) is 1. The van der Waals surface area contributed by atoms with Crippen molar-refractivity contribution in [2.24, 2.45) is 17.8 Å². The van der Waals surface area contributed by atoms with Crippen LogP contribution >= 0.6 is 0 Å². The Bertz CT molecular complexity index is 226. The fourth-order valence-electron chi connectivity index (χ4n) is 2.51. The van der Waals surface area contributed by atoms with Crippen LogP contribution < -0.4 is 5.32 Å². The van der Waals surface area contributed by atoms with Crippen molar-refractivity contribution in [2.75, 3.05) is 0 Å². The van der Waals surface area contributed by atoms with Gasteiger partial charge >= 0.3 is 0 Å². The van der Waals surface area contributed by atoms with Crippen LogP contribution in [0.5, 0.6) is 0 Å². The molecule has 0 spiro atoms. The van der Waals surface area contributed by atoms with Gasteiger partial charge in [-0.1, -0.05) is 26.7 Å². The smallest absolute Gasteiger partial charge is 0.223 e. The van der Waals surface area contributed by atoms with Crippen molar-refractivity contribution >= 4 is 5.91 Å². The van der Waals surface area contributed by atoms with Crippen molar-refractivity contribution in [3.63, 3.8) is 0 Å². The van der Waals surface area contributed by atoms with Crippen LogP contribution in [-0.2, 0) is 4.79 Å². The molecule has 0 aromatic carbocycles. The van der Waals surface area contributed by atoms with Crippen LogP contribution in [-0.4, -0.2) is 11.9 Å². The van der Waals surface area contributed by atoms with Gasteiger partial charge in [-0.2, -0.15) is 0 Å². The van der Waals surface area contributed by atoms with E-state index in [2.05, 4.69) is 19.2 Å². The average molecular weight is 195 g/mol. The molecule has 2 nitrogen and oxygen atoms in total. The van der Waals surface area contributed by atoms with Crippen LogP contribution in [0, 0.1) is 17.8 Å². The molecule has 2 aliphatic carbocycles. The van der Waals surface area contributed by atoms with Crippen LogP contribution in [0.3, 0.4) is 0 Å². The van der Waals surface area contributed by atoms with Crippen molar-refractivity contribution in [3.05, 3.63) is 0 Å². The summed E-state index contributed by atoms with van der Waals surface area (Å²) in [5, 5.41) is 3.22. The molecule has 0 saturated heterocycles. The third-order valence-electron chi connectivity index (χ3n) is 3.89. The van der Waals surface area contributed by atoms with Crippen LogP contribution in [0.1, 0.15) is 46.0 Å². The van der Waals surface area contributed by atoms with Gasteiger partial charge in [0.1, 0.15) is 0 Å². The number of hydrogen-bond donors (Lipinski definition) is 1. The summed E-state index contributed by atoms with van der Waals surface area (Å²) in [5.41, 5.74) is 0. The second kappa shape index (κ2) is 3.92. The molecular weight excluding hydrogens is 174 g/mol. The monoisotopic (exact) mass is 195 g/mol. The van der Waals surface area contributed by atoms with Gasteiger partial charge in [0.2, 0.25) is 5.91 Å². The predicted octanol–water partition coefficient (Wildman–Crippen LogP) is 2.34. The Hall–Kier alpha value is -0.530. The normalized spacial score (nSPS) is 41.9. The van der Waals surface area contributed by atoms with Gasteiger partial charge in [-0.25, -0.2) is 0 Å².